The summed E-state index contributed by atoms with van der Waals surface area (Å²) in [6, 6.07) is -0.112. The van der Waals surface area contributed by atoms with Crippen LogP contribution in [-0.4, -0.2) is 50.5 Å². The van der Waals surface area contributed by atoms with Crippen LogP contribution in [0.3, 0.4) is 0 Å². The molecule has 2 atom stereocenters. The van der Waals surface area contributed by atoms with Gasteiger partial charge in [-0.15, -0.1) is 0 Å². The fourth-order valence-corrected chi connectivity index (χ4v) is 4.82. The second-order valence-corrected chi connectivity index (χ2v) is 7.66. The van der Waals surface area contributed by atoms with Gasteiger partial charge in [0.2, 0.25) is 0 Å². The van der Waals surface area contributed by atoms with Crippen LogP contribution in [0.1, 0.15) is 18.2 Å². The van der Waals surface area contributed by atoms with Crippen LogP contribution in [0.2, 0.25) is 5.02 Å². The van der Waals surface area contributed by atoms with Gasteiger partial charge >= 0.3 is 0 Å². The molecule has 6 nitrogen and oxygen atoms in total. The lowest BCUT2D eigenvalue weighted by atomic mass is 9.96. The van der Waals surface area contributed by atoms with Gasteiger partial charge in [-0.05, 0) is 19.4 Å². The Morgan fingerprint density at radius 3 is 2.95 bits per heavy atom. The molecule has 1 fully saturated rings. The summed E-state index contributed by atoms with van der Waals surface area (Å²) in [5.41, 5.74) is 0.841. The number of nitrogens with one attached hydrogen (secondary N) is 1. The van der Waals surface area contributed by atoms with Crippen molar-refractivity contribution in [1.29, 1.82) is 0 Å². The molecule has 0 saturated carbocycles. The summed E-state index contributed by atoms with van der Waals surface area (Å²) >= 11 is 6.23. The quantitative estimate of drug-likeness (QED) is 0.842. The average molecular weight is 322 g/mol. The minimum Gasteiger partial charge on any atom is -0.383 e. The molecule has 0 aliphatic carbocycles. The van der Waals surface area contributed by atoms with E-state index in [9.17, 15) is 8.42 Å². The number of rotatable bonds is 6. The third-order valence-corrected chi connectivity index (χ3v) is 5.77. The second kappa shape index (κ2) is 6.43. The molecule has 0 bridgehead atoms. The van der Waals surface area contributed by atoms with E-state index in [4.69, 9.17) is 16.3 Å². The van der Waals surface area contributed by atoms with Crippen molar-refractivity contribution in [3.8, 4) is 0 Å². The molecule has 0 amide bonds. The van der Waals surface area contributed by atoms with E-state index in [0.717, 1.165) is 5.69 Å². The van der Waals surface area contributed by atoms with Gasteiger partial charge in [-0.2, -0.15) is 5.10 Å². The first kappa shape index (κ1) is 15.8. The highest BCUT2D eigenvalue weighted by molar-refractivity contribution is 7.91. The van der Waals surface area contributed by atoms with Crippen molar-refractivity contribution in [2.24, 2.45) is 5.92 Å². The van der Waals surface area contributed by atoms with Crippen molar-refractivity contribution in [3.63, 3.8) is 0 Å². The number of nitrogens with zero attached hydrogens (tertiary/aromatic N) is 2. The molecule has 20 heavy (non-hydrogen) atoms. The molecular formula is C12H20ClN3O3S. The Labute approximate surface area is 124 Å². The summed E-state index contributed by atoms with van der Waals surface area (Å²) in [6.07, 6.45) is 2.25. The van der Waals surface area contributed by atoms with E-state index >= 15 is 0 Å². The topological polar surface area (TPSA) is 73.2 Å². The average Bonchev–Trinajstić information content (AvgIpc) is 2.93. The van der Waals surface area contributed by atoms with Gasteiger partial charge in [0, 0.05) is 7.11 Å². The predicted octanol–water partition coefficient (Wildman–Crippen LogP) is 0.878. The third kappa shape index (κ3) is 3.33. The molecule has 0 spiro atoms. The third-order valence-electron chi connectivity index (χ3n) is 3.69. The van der Waals surface area contributed by atoms with E-state index in [1.807, 2.05) is 7.05 Å². The van der Waals surface area contributed by atoms with Crippen LogP contribution in [0.4, 0.5) is 0 Å². The summed E-state index contributed by atoms with van der Waals surface area (Å²) < 4.78 is 30.2. The Kier molecular flexibility index (Phi) is 5.06. The lowest BCUT2D eigenvalue weighted by Crippen LogP contribution is -2.29. The summed E-state index contributed by atoms with van der Waals surface area (Å²) in [5, 5.41) is 8.00. The largest absolute Gasteiger partial charge is 0.383 e. The Balaban J connectivity index is 2.25. The minimum atomic E-state index is -2.92. The van der Waals surface area contributed by atoms with E-state index in [-0.39, 0.29) is 23.5 Å². The molecule has 1 aliphatic rings. The number of sulfone groups is 1. The molecule has 8 heteroatoms. The molecule has 1 aromatic heterocycles. The van der Waals surface area contributed by atoms with Crippen LogP contribution in [0.15, 0.2) is 6.20 Å². The standard InChI is InChI=1S/C12H20ClN3O3S/c1-14-11(9-3-6-20(17,18)8-9)12-10(13)7-15-16(12)4-5-19-2/h7,9,11,14H,3-6,8H2,1-2H3. The monoisotopic (exact) mass is 321 g/mol. The maximum atomic E-state index is 11.7. The molecule has 1 aromatic rings. The zero-order valence-corrected chi connectivity index (χ0v) is 13.2. The molecule has 2 unspecified atom stereocenters. The van der Waals surface area contributed by atoms with Crippen molar-refractivity contribution >= 4 is 21.4 Å². The Morgan fingerprint density at radius 2 is 2.40 bits per heavy atom. The SMILES string of the molecule is CNC(c1c(Cl)cnn1CCOC)C1CCS(=O)(=O)C1. The van der Waals surface area contributed by atoms with Crippen LogP contribution in [0, 0.1) is 5.92 Å². The lowest BCUT2D eigenvalue weighted by molar-refractivity contribution is 0.181. The molecule has 1 N–H and O–H groups in total. The highest BCUT2D eigenvalue weighted by Crippen LogP contribution is 2.34. The first-order valence-corrected chi connectivity index (χ1v) is 8.76. The Hall–Kier alpha value is -0.630. The zero-order chi connectivity index (χ0) is 14.8. The molecule has 2 rings (SSSR count). The van der Waals surface area contributed by atoms with Gasteiger partial charge in [0.25, 0.3) is 0 Å². The first-order valence-electron chi connectivity index (χ1n) is 6.56. The first-order chi connectivity index (χ1) is 9.48. The highest BCUT2D eigenvalue weighted by Gasteiger charge is 2.36. The van der Waals surface area contributed by atoms with Gasteiger partial charge in [-0.25, -0.2) is 8.42 Å². The Bertz CT molecular complexity index is 558. The zero-order valence-electron chi connectivity index (χ0n) is 11.7. The smallest absolute Gasteiger partial charge is 0.150 e. The predicted molar refractivity (Wildman–Crippen MR) is 77.7 cm³/mol. The van der Waals surface area contributed by atoms with E-state index in [1.54, 1.807) is 18.0 Å². The summed E-state index contributed by atoms with van der Waals surface area (Å²) in [4.78, 5) is 0. The molecule has 1 aliphatic heterocycles. The number of hydrogen-bond acceptors (Lipinski definition) is 5. The van der Waals surface area contributed by atoms with Crippen LogP contribution >= 0.6 is 11.6 Å². The number of methoxy groups -OCH3 is 1. The van der Waals surface area contributed by atoms with Crippen molar-refractivity contribution in [3.05, 3.63) is 16.9 Å². The van der Waals surface area contributed by atoms with Gasteiger partial charge in [0.15, 0.2) is 9.84 Å². The van der Waals surface area contributed by atoms with Gasteiger partial charge in [0.05, 0.1) is 47.6 Å². The maximum absolute atomic E-state index is 11.7. The van der Waals surface area contributed by atoms with E-state index in [1.165, 1.54) is 0 Å². The molecule has 2 heterocycles. The Morgan fingerprint density at radius 1 is 1.65 bits per heavy atom. The van der Waals surface area contributed by atoms with Gasteiger partial charge < -0.3 is 10.1 Å². The minimum absolute atomic E-state index is 0.0282. The van der Waals surface area contributed by atoms with Crippen LogP contribution in [-0.2, 0) is 21.1 Å². The second-order valence-electron chi connectivity index (χ2n) is 5.02. The van der Waals surface area contributed by atoms with Gasteiger partial charge in [0.1, 0.15) is 0 Å². The number of hydrogen-bond donors (Lipinski definition) is 1. The molecule has 1 saturated heterocycles. The van der Waals surface area contributed by atoms with E-state index < -0.39 is 9.84 Å². The van der Waals surface area contributed by atoms with Gasteiger partial charge in [-0.1, -0.05) is 11.6 Å². The molecule has 0 aromatic carbocycles. The van der Waals surface area contributed by atoms with E-state index in [2.05, 4.69) is 10.4 Å². The highest BCUT2D eigenvalue weighted by atomic mass is 35.5. The summed E-state index contributed by atoms with van der Waals surface area (Å²) in [5.74, 6) is 0.477. The van der Waals surface area contributed by atoms with Crippen molar-refractivity contribution in [1.82, 2.24) is 15.1 Å². The fraction of sp³-hybridized carbons (Fsp3) is 0.750. The van der Waals surface area contributed by atoms with Crippen LogP contribution < -0.4 is 5.32 Å². The normalized spacial score (nSPS) is 23.1. The van der Waals surface area contributed by atoms with Gasteiger partial charge in [-0.3, -0.25) is 4.68 Å². The lowest BCUT2D eigenvalue weighted by Gasteiger charge is -2.23. The number of aromatic nitrogens is 2. The van der Waals surface area contributed by atoms with Crippen molar-refractivity contribution < 1.29 is 13.2 Å². The van der Waals surface area contributed by atoms with Crippen molar-refractivity contribution in [2.75, 3.05) is 32.3 Å². The van der Waals surface area contributed by atoms with E-state index in [0.29, 0.717) is 24.6 Å². The fourth-order valence-electron chi connectivity index (χ4n) is 2.72. The maximum Gasteiger partial charge on any atom is 0.150 e. The summed E-state index contributed by atoms with van der Waals surface area (Å²) in [6.45, 7) is 1.13. The number of halogens is 1. The molecule has 0 radical (unpaired) electrons. The number of ether oxygens (including phenoxy) is 1. The molecular weight excluding hydrogens is 302 g/mol. The summed E-state index contributed by atoms with van der Waals surface area (Å²) in [7, 11) is 0.526. The van der Waals surface area contributed by atoms with Crippen LogP contribution in [0.25, 0.3) is 0 Å². The molecule has 114 valence electrons. The van der Waals surface area contributed by atoms with Crippen molar-refractivity contribution in [2.45, 2.75) is 19.0 Å². The van der Waals surface area contributed by atoms with Crippen LogP contribution in [0.5, 0.6) is 0 Å².